The van der Waals surface area contributed by atoms with Gasteiger partial charge in [-0.05, 0) is 92.9 Å². The minimum atomic E-state index is -0.454. The van der Waals surface area contributed by atoms with Gasteiger partial charge < -0.3 is 0 Å². The molecule has 1 amide bonds. The van der Waals surface area contributed by atoms with Crippen LogP contribution in [0.15, 0.2) is 24.3 Å². The SMILES string of the molecule is CCC(N(C)Cc1ccc(C(=O)NO)cc1)C12CC3CC(CC(C3)C1)C2. The van der Waals surface area contributed by atoms with Crippen molar-refractivity contribution >= 4 is 5.91 Å². The smallest absolute Gasteiger partial charge is 0.274 e. The molecule has 26 heavy (non-hydrogen) atoms. The van der Waals surface area contributed by atoms with E-state index in [0.717, 1.165) is 24.3 Å². The maximum absolute atomic E-state index is 11.5. The number of carbonyl (C=O) groups excluding carboxylic acids is 1. The van der Waals surface area contributed by atoms with Gasteiger partial charge in [0.1, 0.15) is 0 Å². The molecule has 0 spiro atoms. The van der Waals surface area contributed by atoms with E-state index in [9.17, 15) is 4.79 Å². The third-order valence-corrected chi connectivity index (χ3v) is 7.46. The fourth-order valence-corrected chi connectivity index (χ4v) is 7.02. The average Bonchev–Trinajstić information content (AvgIpc) is 2.61. The van der Waals surface area contributed by atoms with Crippen LogP contribution in [-0.4, -0.2) is 29.1 Å². The van der Waals surface area contributed by atoms with Gasteiger partial charge >= 0.3 is 0 Å². The summed E-state index contributed by atoms with van der Waals surface area (Å²) in [6, 6.07) is 8.25. The quantitative estimate of drug-likeness (QED) is 0.592. The van der Waals surface area contributed by atoms with E-state index in [2.05, 4.69) is 18.9 Å². The van der Waals surface area contributed by atoms with Crippen molar-refractivity contribution in [1.29, 1.82) is 0 Å². The normalized spacial score (nSPS) is 33.5. The first-order chi connectivity index (χ1) is 12.5. The molecular weight excluding hydrogens is 324 g/mol. The van der Waals surface area contributed by atoms with Gasteiger partial charge in [0.25, 0.3) is 5.91 Å². The molecule has 0 saturated heterocycles. The monoisotopic (exact) mass is 356 g/mol. The maximum Gasteiger partial charge on any atom is 0.274 e. The second-order valence-electron chi connectivity index (χ2n) is 9.26. The zero-order valence-corrected chi connectivity index (χ0v) is 16.1. The Kier molecular flexibility index (Phi) is 4.83. The van der Waals surface area contributed by atoms with Gasteiger partial charge in [0, 0.05) is 18.2 Å². The molecule has 4 nitrogen and oxygen atoms in total. The highest BCUT2D eigenvalue weighted by Gasteiger charge is 2.54. The molecule has 4 saturated carbocycles. The second-order valence-corrected chi connectivity index (χ2v) is 9.26. The fraction of sp³-hybridized carbons (Fsp3) is 0.682. The summed E-state index contributed by atoms with van der Waals surface area (Å²) >= 11 is 0. The fourth-order valence-electron chi connectivity index (χ4n) is 7.02. The summed E-state index contributed by atoms with van der Waals surface area (Å²) in [5.74, 6) is 2.50. The minimum absolute atomic E-state index is 0.454. The molecule has 1 atom stereocenters. The predicted molar refractivity (Wildman–Crippen MR) is 102 cm³/mol. The van der Waals surface area contributed by atoms with Gasteiger partial charge in [-0.25, -0.2) is 5.48 Å². The summed E-state index contributed by atoms with van der Waals surface area (Å²) < 4.78 is 0. The summed E-state index contributed by atoms with van der Waals surface area (Å²) in [5, 5.41) is 8.75. The summed E-state index contributed by atoms with van der Waals surface area (Å²) in [6.07, 6.45) is 10.0. The zero-order valence-electron chi connectivity index (χ0n) is 16.1. The molecule has 4 aliphatic carbocycles. The van der Waals surface area contributed by atoms with Crippen molar-refractivity contribution in [3.63, 3.8) is 0 Å². The minimum Gasteiger partial charge on any atom is -0.299 e. The van der Waals surface area contributed by atoms with Crippen LogP contribution in [0.4, 0.5) is 0 Å². The van der Waals surface area contributed by atoms with Crippen LogP contribution in [-0.2, 0) is 6.54 Å². The van der Waals surface area contributed by atoms with Gasteiger partial charge in [0.2, 0.25) is 0 Å². The highest BCUT2D eigenvalue weighted by molar-refractivity contribution is 5.93. The van der Waals surface area contributed by atoms with Crippen LogP contribution >= 0.6 is 0 Å². The Morgan fingerprint density at radius 2 is 1.69 bits per heavy atom. The molecule has 1 unspecified atom stereocenters. The first kappa shape index (κ1) is 18.0. The summed E-state index contributed by atoms with van der Waals surface area (Å²) in [5.41, 5.74) is 3.95. The number of hydrogen-bond acceptors (Lipinski definition) is 3. The number of carbonyl (C=O) groups is 1. The van der Waals surface area contributed by atoms with E-state index in [4.69, 9.17) is 5.21 Å². The van der Waals surface area contributed by atoms with Crippen LogP contribution in [0.1, 0.15) is 67.8 Å². The standard InChI is InChI=1S/C22H32N2O2/c1-3-20(22-11-16-8-17(12-22)10-18(9-16)13-22)24(2)14-15-4-6-19(7-5-15)21(25)23-26/h4-7,16-18,20,26H,3,8-14H2,1-2H3,(H,23,25). The van der Waals surface area contributed by atoms with Gasteiger partial charge in [-0.3, -0.25) is 14.9 Å². The second kappa shape index (κ2) is 6.97. The van der Waals surface area contributed by atoms with Gasteiger partial charge in [0.15, 0.2) is 0 Å². The number of benzene rings is 1. The number of nitrogens with zero attached hydrogens (tertiary/aromatic N) is 1. The Balaban J connectivity index is 1.48. The molecule has 4 heteroatoms. The number of nitrogens with one attached hydrogen (secondary N) is 1. The Bertz CT molecular complexity index is 619. The molecular formula is C22H32N2O2. The first-order valence-corrected chi connectivity index (χ1v) is 10.3. The van der Waals surface area contributed by atoms with E-state index < -0.39 is 5.91 Å². The van der Waals surface area contributed by atoms with Crippen LogP contribution in [0.25, 0.3) is 0 Å². The van der Waals surface area contributed by atoms with Crippen molar-refractivity contribution in [2.45, 2.75) is 64.5 Å². The van der Waals surface area contributed by atoms with Gasteiger partial charge in [0.05, 0.1) is 0 Å². The topological polar surface area (TPSA) is 52.6 Å². The molecule has 1 aromatic rings. The molecule has 2 N–H and O–H groups in total. The Morgan fingerprint density at radius 3 is 2.15 bits per heavy atom. The number of rotatable bonds is 6. The van der Waals surface area contributed by atoms with Crippen LogP contribution in [0, 0.1) is 23.2 Å². The van der Waals surface area contributed by atoms with E-state index in [1.807, 2.05) is 12.1 Å². The molecule has 0 aliphatic heterocycles. The third kappa shape index (κ3) is 3.18. The third-order valence-electron chi connectivity index (χ3n) is 7.46. The van der Waals surface area contributed by atoms with E-state index in [-0.39, 0.29) is 0 Å². The largest absolute Gasteiger partial charge is 0.299 e. The maximum atomic E-state index is 11.5. The predicted octanol–water partition coefficient (Wildman–Crippen LogP) is 4.23. The zero-order chi connectivity index (χ0) is 18.3. The van der Waals surface area contributed by atoms with Crippen LogP contribution in [0.2, 0.25) is 0 Å². The first-order valence-electron chi connectivity index (χ1n) is 10.3. The average molecular weight is 357 g/mol. The van der Waals surface area contributed by atoms with Crippen molar-refractivity contribution in [3.8, 4) is 0 Å². The molecule has 142 valence electrons. The molecule has 0 radical (unpaired) electrons. The molecule has 4 aliphatic rings. The highest BCUT2D eigenvalue weighted by Crippen LogP contribution is 2.62. The van der Waals surface area contributed by atoms with Crippen molar-refractivity contribution < 1.29 is 10.0 Å². The summed E-state index contributed by atoms with van der Waals surface area (Å²) in [7, 11) is 2.28. The van der Waals surface area contributed by atoms with Crippen molar-refractivity contribution in [1.82, 2.24) is 10.4 Å². The van der Waals surface area contributed by atoms with Crippen molar-refractivity contribution in [2.24, 2.45) is 23.2 Å². The van der Waals surface area contributed by atoms with E-state index in [1.54, 1.807) is 17.6 Å². The summed E-state index contributed by atoms with van der Waals surface area (Å²) in [6.45, 7) is 3.27. The van der Waals surface area contributed by atoms with Crippen LogP contribution in [0.3, 0.4) is 0 Å². The van der Waals surface area contributed by atoms with E-state index >= 15 is 0 Å². The highest BCUT2D eigenvalue weighted by atomic mass is 16.5. The molecule has 1 aromatic carbocycles. The molecule has 4 fully saturated rings. The molecule has 0 aromatic heterocycles. The van der Waals surface area contributed by atoms with Crippen LogP contribution < -0.4 is 5.48 Å². The Hall–Kier alpha value is -1.39. The lowest BCUT2D eigenvalue weighted by atomic mass is 9.47. The van der Waals surface area contributed by atoms with Gasteiger partial charge in [-0.15, -0.1) is 0 Å². The molecule has 0 heterocycles. The molecule has 5 rings (SSSR count). The molecule has 4 bridgehead atoms. The van der Waals surface area contributed by atoms with Crippen molar-refractivity contribution in [2.75, 3.05) is 7.05 Å². The van der Waals surface area contributed by atoms with E-state index in [1.165, 1.54) is 50.5 Å². The van der Waals surface area contributed by atoms with Gasteiger partial charge in [-0.2, -0.15) is 0 Å². The van der Waals surface area contributed by atoms with Gasteiger partial charge in [-0.1, -0.05) is 19.1 Å². The Labute approximate surface area is 156 Å². The van der Waals surface area contributed by atoms with Crippen LogP contribution in [0.5, 0.6) is 0 Å². The lowest BCUT2D eigenvalue weighted by Gasteiger charge is -2.61. The lowest BCUT2D eigenvalue weighted by Crippen LogP contribution is -2.55. The number of amides is 1. The van der Waals surface area contributed by atoms with E-state index in [0.29, 0.717) is 17.0 Å². The van der Waals surface area contributed by atoms with Crippen molar-refractivity contribution in [3.05, 3.63) is 35.4 Å². The number of hydroxylamine groups is 1. The number of hydrogen-bond donors (Lipinski definition) is 2. The Morgan fingerprint density at radius 1 is 1.15 bits per heavy atom. The summed E-state index contributed by atoms with van der Waals surface area (Å²) in [4.78, 5) is 14.1. The lowest BCUT2D eigenvalue weighted by molar-refractivity contribution is -0.0993.